The molecular weight excluding hydrogens is 546 g/mol. The molecule has 6 rings (SSSR count). The summed E-state index contributed by atoms with van der Waals surface area (Å²) in [5.41, 5.74) is 19.9. The summed E-state index contributed by atoms with van der Waals surface area (Å²) in [6.45, 7) is 3.62. The second kappa shape index (κ2) is 12.0. The molecule has 1 amide bonds. The van der Waals surface area contributed by atoms with Gasteiger partial charge in [0.15, 0.2) is 23.3 Å². The van der Waals surface area contributed by atoms with Gasteiger partial charge in [-0.2, -0.15) is 4.99 Å². The molecule has 14 nitrogen and oxygen atoms in total. The number of carbonyl (C=O) groups excluding carboxylic acids is 1. The molecule has 14 heteroatoms. The highest BCUT2D eigenvalue weighted by Gasteiger charge is 2.22. The number of piperazine rings is 1. The highest BCUT2D eigenvalue weighted by Crippen LogP contribution is 2.28. The molecular formula is C29H31N13O. The zero-order valence-corrected chi connectivity index (χ0v) is 23.3. The van der Waals surface area contributed by atoms with E-state index in [0.717, 1.165) is 48.5 Å². The number of para-hydroxylation sites is 1. The van der Waals surface area contributed by atoms with Crippen LogP contribution in [0.3, 0.4) is 0 Å². The molecule has 0 spiro atoms. The van der Waals surface area contributed by atoms with Gasteiger partial charge in [-0.1, -0.05) is 24.3 Å². The zero-order chi connectivity index (χ0) is 29.8. The third-order valence-corrected chi connectivity index (χ3v) is 7.17. The van der Waals surface area contributed by atoms with Crippen molar-refractivity contribution in [3.63, 3.8) is 0 Å². The Balaban J connectivity index is 1.22. The highest BCUT2D eigenvalue weighted by atomic mass is 16.1. The molecule has 43 heavy (non-hydrogen) atoms. The fourth-order valence-electron chi connectivity index (χ4n) is 5.04. The van der Waals surface area contributed by atoms with Crippen molar-refractivity contribution in [1.29, 1.82) is 0 Å². The molecule has 0 aliphatic carbocycles. The van der Waals surface area contributed by atoms with Crippen LogP contribution in [0.2, 0.25) is 0 Å². The fraction of sp³-hybridized carbons (Fsp3) is 0.207. The van der Waals surface area contributed by atoms with Crippen LogP contribution in [0, 0.1) is 0 Å². The molecule has 1 aliphatic rings. The highest BCUT2D eigenvalue weighted by molar-refractivity contribution is 6.04. The molecule has 4 aromatic heterocycles. The first-order valence-electron chi connectivity index (χ1n) is 13.8. The van der Waals surface area contributed by atoms with Crippen molar-refractivity contribution in [1.82, 2.24) is 29.9 Å². The van der Waals surface area contributed by atoms with E-state index in [1.54, 1.807) is 18.6 Å². The SMILES string of the molecule is NC(N)=NC(=O)c1nc(-c2cnc(N3CCN(c4ccccn4)CC3)nc2)c(NCCc2c[nH]c3ccccc23)nc1N. The minimum Gasteiger partial charge on any atom is -0.382 e. The summed E-state index contributed by atoms with van der Waals surface area (Å²) in [5, 5.41) is 4.47. The number of aliphatic imine (C=N–C) groups is 1. The van der Waals surface area contributed by atoms with Crippen molar-refractivity contribution in [2.45, 2.75) is 6.42 Å². The second-order valence-corrected chi connectivity index (χ2v) is 9.97. The minimum atomic E-state index is -0.792. The number of carbonyl (C=O) groups is 1. The summed E-state index contributed by atoms with van der Waals surface area (Å²) in [4.78, 5) is 46.5. The van der Waals surface area contributed by atoms with Crippen molar-refractivity contribution < 1.29 is 4.79 Å². The maximum atomic E-state index is 12.7. The molecule has 0 saturated carbocycles. The average molecular weight is 578 g/mol. The number of anilines is 4. The van der Waals surface area contributed by atoms with Crippen LogP contribution in [0.1, 0.15) is 16.1 Å². The number of aromatic amines is 1. The van der Waals surface area contributed by atoms with E-state index < -0.39 is 11.9 Å². The summed E-state index contributed by atoms with van der Waals surface area (Å²) >= 11 is 0. The largest absolute Gasteiger partial charge is 0.382 e. The lowest BCUT2D eigenvalue weighted by molar-refractivity contribution is 0.0998. The lowest BCUT2D eigenvalue weighted by atomic mass is 10.1. The summed E-state index contributed by atoms with van der Waals surface area (Å²) in [6, 6.07) is 14.0. The maximum absolute atomic E-state index is 12.7. The Morgan fingerprint density at radius 2 is 1.70 bits per heavy atom. The molecule has 0 atom stereocenters. The van der Waals surface area contributed by atoms with Crippen LogP contribution >= 0.6 is 0 Å². The third kappa shape index (κ3) is 5.98. The Kier molecular flexibility index (Phi) is 7.63. The number of benzene rings is 1. The summed E-state index contributed by atoms with van der Waals surface area (Å²) in [6.07, 6.45) is 7.82. The number of nitrogens with zero attached hydrogens (tertiary/aromatic N) is 8. The number of fused-ring (bicyclic) bond motifs is 1. The number of aromatic nitrogens is 6. The summed E-state index contributed by atoms with van der Waals surface area (Å²) in [5.74, 6) is 0.648. The predicted molar refractivity (Wildman–Crippen MR) is 167 cm³/mol. The maximum Gasteiger partial charge on any atom is 0.302 e. The minimum absolute atomic E-state index is 0.100. The van der Waals surface area contributed by atoms with Crippen LogP contribution in [0.15, 0.2) is 72.2 Å². The van der Waals surface area contributed by atoms with E-state index in [0.29, 0.717) is 36.0 Å². The van der Waals surface area contributed by atoms with E-state index in [2.05, 4.69) is 56.1 Å². The van der Waals surface area contributed by atoms with E-state index >= 15 is 0 Å². The van der Waals surface area contributed by atoms with E-state index in [-0.39, 0.29) is 11.5 Å². The number of hydrogen-bond acceptors (Lipinski definition) is 10. The first-order valence-corrected chi connectivity index (χ1v) is 13.8. The summed E-state index contributed by atoms with van der Waals surface area (Å²) < 4.78 is 0. The van der Waals surface area contributed by atoms with Crippen molar-refractivity contribution in [3.05, 3.63) is 78.5 Å². The molecule has 1 aromatic carbocycles. The van der Waals surface area contributed by atoms with Gasteiger partial charge in [0.2, 0.25) is 5.95 Å². The van der Waals surface area contributed by atoms with Crippen LogP contribution < -0.4 is 32.3 Å². The van der Waals surface area contributed by atoms with Crippen molar-refractivity contribution in [2.24, 2.45) is 16.5 Å². The number of H-pyrrole nitrogens is 1. The van der Waals surface area contributed by atoms with Gasteiger partial charge in [-0.25, -0.2) is 24.9 Å². The van der Waals surface area contributed by atoms with Crippen LogP contribution in [0.5, 0.6) is 0 Å². The molecule has 1 fully saturated rings. The molecule has 5 aromatic rings. The third-order valence-electron chi connectivity index (χ3n) is 7.17. The number of amides is 1. The van der Waals surface area contributed by atoms with Gasteiger partial charge in [-0.15, -0.1) is 0 Å². The van der Waals surface area contributed by atoms with Gasteiger partial charge in [0, 0.05) is 74.0 Å². The molecule has 1 aliphatic heterocycles. The molecule has 0 bridgehead atoms. The monoisotopic (exact) mass is 577 g/mol. The van der Waals surface area contributed by atoms with Gasteiger partial charge in [-0.05, 0) is 30.2 Å². The first-order chi connectivity index (χ1) is 21.0. The lowest BCUT2D eigenvalue weighted by Gasteiger charge is -2.35. The molecule has 1 saturated heterocycles. The quantitative estimate of drug-likeness (QED) is 0.132. The zero-order valence-electron chi connectivity index (χ0n) is 23.3. The lowest BCUT2D eigenvalue weighted by Crippen LogP contribution is -2.47. The Bertz CT molecular complexity index is 1760. The van der Waals surface area contributed by atoms with Gasteiger partial charge in [0.1, 0.15) is 11.5 Å². The number of rotatable bonds is 8. The number of guanidine groups is 1. The molecule has 5 heterocycles. The van der Waals surface area contributed by atoms with Crippen LogP contribution in [0.4, 0.5) is 23.4 Å². The molecule has 0 radical (unpaired) electrons. The number of nitrogens with two attached hydrogens (primary N) is 3. The Morgan fingerprint density at radius 3 is 2.44 bits per heavy atom. The Hall–Kier alpha value is -5.79. The molecule has 218 valence electrons. The predicted octanol–water partition coefficient (Wildman–Crippen LogP) is 1.79. The molecule has 8 N–H and O–H groups in total. The molecule has 0 unspecified atom stereocenters. The van der Waals surface area contributed by atoms with Gasteiger partial charge in [0.05, 0.1) is 0 Å². The van der Waals surface area contributed by atoms with Crippen molar-refractivity contribution in [2.75, 3.05) is 53.6 Å². The Labute approximate surface area is 247 Å². The van der Waals surface area contributed by atoms with Gasteiger partial charge < -0.3 is 37.3 Å². The number of nitrogen functional groups attached to an aromatic ring is 1. The Morgan fingerprint density at radius 1 is 0.953 bits per heavy atom. The van der Waals surface area contributed by atoms with Crippen molar-refractivity contribution >= 4 is 46.2 Å². The van der Waals surface area contributed by atoms with Crippen molar-refractivity contribution in [3.8, 4) is 11.3 Å². The van der Waals surface area contributed by atoms with Crippen LogP contribution in [-0.4, -0.2) is 74.5 Å². The summed E-state index contributed by atoms with van der Waals surface area (Å²) in [7, 11) is 0. The van der Waals surface area contributed by atoms with Gasteiger partial charge in [-0.3, -0.25) is 4.79 Å². The van der Waals surface area contributed by atoms with Gasteiger partial charge in [0.25, 0.3) is 0 Å². The smallest absolute Gasteiger partial charge is 0.302 e. The normalized spacial score (nSPS) is 13.2. The number of pyridine rings is 1. The second-order valence-electron chi connectivity index (χ2n) is 9.97. The van der Waals surface area contributed by atoms with Crippen LogP contribution in [0.25, 0.3) is 22.2 Å². The number of nitrogens with one attached hydrogen (secondary N) is 2. The van der Waals surface area contributed by atoms with Gasteiger partial charge >= 0.3 is 5.91 Å². The first kappa shape index (κ1) is 27.4. The topological polar surface area (TPSA) is 206 Å². The van der Waals surface area contributed by atoms with Crippen LogP contribution in [-0.2, 0) is 6.42 Å². The average Bonchev–Trinajstić information content (AvgIpc) is 3.44. The fourth-order valence-corrected chi connectivity index (χ4v) is 5.04. The van der Waals surface area contributed by atoms with E-state index in [9.17, 15) is 4.79 Å². The van der Waals surface area contributed by atoms with E-state index in [4.69, 9.17) is 17.2 Å². The number of hydrogen-bond donors (Lipinski definition) is 5. The van der Waals surface area contributed by atoms with E-state index in [1.165, 1.54) is 0 Å². The standard InChI is InChI=1S/C29H31N13O/c30-25-24(27(43)40-28(31)32)38-23(26(39-25)34-10-8-18-15-35-21-6-2-1-5-20(18)21)19-16-36-29(37-17-19)42-13-11-41(12-14-42)22-7-3-4-9-33-22/h1-7,9,15-17,35H,8,10-14H2,(H3,30,34,39)(H4,31,32,40,43). The van der Waals surface area contributed by atoms with E-state index in [1.807, 2.05) is 42.6 Å².